The molecule has 3 rings (SSSR count). The van der Waals surface area contributed by atoms with E-state index in [4.69, 9.17) is 0 Å². The van der Waals surface area contributed by atoms with Crippen LogP contribution in [0.3, 0.4) is 0 Å². The van der Waals surface area contributed by atoms with Crippen LogP contribution in [0.2, 0.25) is 0 Å². The van der Waals surface area contributed by atoms with E-state index in [1.54, 1.807) is 19.2 Å². The number of aryl methyl sites for hydroxylation is 1. The predicted octanol–water partition coefficient (Wildman–Crippen LogP) is 4.32. The van der Waals surface area contributed by atoms with Gasteiger partial charge in [-0.25, -0.2) is 0 Å². The first-order valence-corrected chi connectivity index (χ1v) is 10.3. The lowest BCUT2D eigenvalue weighted by molar-refractivity contribution is -0.117. The van der Waals surface area contributed by atoms with Gasteiger partial charge in [0.1, 0.15) is 0 Å². The molecule has 29 heavy (non-hydrogen) atoms. The van der Waals surface area contributed by atoms with Crippen LogP contribution in [0.5, 0.6) is 0 Å². The molecule has 1 saturated carbocycles. The summed E-state index contributed by atoms with van der Waals surface area (Å²) < 4.78 is 0. The summed E-state index contributed by atoms with van der Waals surface area (Å²) in [5, 5.41) is 13.4. The second kappa shape index (κ2) is 9.70. The van der Waals surface area contributed by atoms with Crippen molar-refractivity contribution in [2.24, 2.45) is 5.92 Å². The summed E-state index contributed by atoms with van der Waals surface area (Å²) >= 11 is 0. The van der Waals surface area contributed by atoms with Crippen LogP contribution in [0, 0.1) is 12.8 Å². The predicted molar refractivity (Wildman–Crippen MR) is 115 cm³/mol. The van der Waals surface area contributed by atoms with Crippen LogP contribution in [0.15, 0.2) is 48.5 Å². The van der Waals surface area contributed by atoms with E-state index in [-0.39, 0.29) is 18.4 Å². The van der Waals surface area contributed by atoms with Crippen LogP contribution in [0.1, 0.15) is 59.7 Å². The van der Waals surface area contributed by atoms with Gasteiger partial charge in [0.2, 0.25) is 5.91 Å². The van der Waals surface area contributed by atoms with E-state index in [2.05, 4.69) is 5.32 Å². The Bertz CT molecular complexity index is 844. The summed E-state index contributed by atoms with van der Waals surface area (Å²) in [6, 6.07) is 14.6. The van der Waals surface area contributed by atoms with Gasteiger partial charge < -0.3 is 15.3 Å². The van der Waals surface area contributed by atoms with Crippen LogP contribution >= 0.6 is 0 Å². The first kappa shape index (κ1) is 21.1. The van der Waals surface area contributed by atoms with Crippen molar-refractivity contribution in [3.63, 3.8) is 0 Å². The van der Waals surface area contributed by atoms with Crippen LogP contribution in [-0.4, -0.2) is 35.4 Å². The molecule has 2 amide bonds. The number of hydrogen-bond acceptors (Lipinski definition) is 3. The number of carbonyl (C=O) groups excluding carboxylic acids is 2. The van der Waals surface area contributed by atoms with Gasteiger partial charge in [-0.15, -0.1) is 0 Å². The molecular formula is C24H30N2O3. The van der Waals surface area contributed by atoms with E-state index in [9.17, 15) is 14.7 Å². The SMILES string of the molecule is Cc1ccc(C(=O)N(C)CC(O)c2ccccc2)cc1NC(=O)CC1CCCC1. The Morgan fingerprint density at radius 2 is 1.83 bits per heavy atom. The zero-order chi connectivity index (χ0) is 20.8. The Morgan fingerprint density at radius 3 is 2.52 bits per heavy atom. The molecule has 1 aliphatic carbocycles. The average Bonchev–Trinajstić information content (AvgIpc) is 3.22. The summed E-state index contributed by atoms with van der Waals surface area (Å²) in [6.45, 7) is 2.11. The van der Waals surface area contributed by atoms with Crippen molar-refractivity contribution in [2.75, 3.05) is 18.9 Å². The highest BCUT2D eigenvalue weighted by molar-refractivity contribution is 5.97. The Hall–Kier alpha value is -2.66. The number of amides is 2. The van der Waals surface area contributed by atoms with E-state index in [1.165, 1.54) is 17.7 Å². The molecule has 2 N–H and O–H groups in total. The summed E-state index contributed by atoms with van der Waals surface area (Å²) in [5.74, 6) is 0.300. The molecule has 154 valence electrons. The molecule has 0 radical (unpaired) electrons. The van der Waals surface area contributed by atoms with Gasteiger partial charge >= 0.3 is 0 Å². The van der Waals surface area contributed by atoms with Gasteiger partial charge in [-0.2, -0.15) is 0 Å². The second-order valence-corrected chi connectivity index (χ2v) is 8.04. The quantitative estimate of drug-likeness (QED) is 0.735. The van der Waals surface area contributed by atoms with Gasteiger partial charge in [0.15, 0.2) is 0 Å². The van der Waals surface area contributed by atoms with Gasteiger partial charge in [0, 0.05) is 24.7 Å². The lowest BCUT2D eigenvalue weighted by Crippen LogP contribution is -2.31. The molecule has 0 heterocycles. The number of carbonyl (C=O) groups is 2. The number of likely N-dealkylation sites (N-methyl/N-ethyl adjacent to an activating group) is 1. The first-order chi connectivity index (χ1) is 13.9. The molecule has 0 aromatic heterocycles. The lowest BCUT2D eigenvalue weighted by Gasteiger charge is -2.22. The molecule has 0 spiro atoms. The van der Waals surface area contributed by atoms with Crippen molar-refractivity contribution in [3.8, 4) is 0 Å². The minimum atomic E-state index is -0.749. The van der Waals surface area contributed by atoms with Gasteiger partial charge in [0.05, 0.1) is 12.6 Å². The van der Waals surface area contributed by atoms with Crippen LogP contribution in [0.4, 0.5) is 5.69 Å². The van der Waals surface area contributed by atoms with Crippen molar-refractivity contribution < 1.29 is 14.7 Å². The Labute approximate surface area is 172 Å². The fourth-order valence-electron chi connectivity index (χ4n) is 3.91. The van der Waals surface area contributed by atoms with Crippen molar-refractivity contribution in [3.05, 3.63) is 65.2 Å². The molecular weight excluding hydrogens is 364 g/mol. The Kier molecular flexibility index (Phi) is 7.04. The highest BCUT2D eigenvalue weighted by atomic mass is 16.3. The molecule has 1 unspecified atom stereocenters. The van der Waals surface area contributed by atoms with E-state index >= 15 is 0 Å². The van der Waals surface area contributed by atoms with Gasteiger partial charge in [-0.05, 0) is 48.9 Å². The largest absolute Gasteiger partial charge is 0.387 e. The summed E-state index contributed by atoms with van der Waals surface area (Å²) in [5.41, 5.74) is 2.87. The minimum Gasteiger partial charge on any atom is -0.387 e. The van der Waals surface area contributed by atoms with E-state index in [1.807, 2.05) is 43.3 Å². The highest BCUT2D eigenvalue weighted by Crippen LogP contribution is 2.28. The summed E-state index contributed by atoms with van der Waals surface area (Å²) in [4.78, 5) is 26.7. The zero-order valence-corrected chi connectivity index (χ0v) is 17.2. The number of aliphatic hydroxyl groups is 1. The molecule has 0 aliphatic heterocycles. The van der Waals surface area contributed by atoms with Crippen LogP contribution in [0.25, 0.3) is 0 Å². The molecule has 5 heteroatoms. The molecule has 2 aromatic rings. The number of benzene rings is 2. The van der Waals surface area contributed by atoms with Gasteiger partial charge in [-0.1, -0.05) is 49.2 Å². The van der Waals surface area contributed by atoms with Gasteiger partial charge in [-0.3, -0.25) is 9.59 Å². The number of aliphatic hydroxyl groups excluding tert-OH is 1. The normalized spacial score (nSPS) is 15.1. The van der Waals surface area contributed by atoms with E-state index in [0.717, 1.165) is 24.0 Å². The maximum atomic E-state index is 12.8. The molecule has 0 saturated heterocycles. The Morgan fingerprint density at radius 1 is 1.14 bits per heavy atom. The van der Waals surface area contributed by atoms with E-state index in [0.29, 0.717) is 23.6 Å². The highest BCUT2D eigenvalue weighted by Gasteiger charge is 2.20. The molecule has 1 aliphatic rings. The first-order valence-electron chi connectivity index (χ1n) is 10.3. The number of nitrogens with zero attached hydrogens (tertiary/aromatic N) is 1. The van der Waals surface area contributed by atoms with Crippen LogP contribution < -0.4 is 5.32 Å². The maximum Gasteiger partial charge on any atom is 0.253 e. The average molecular weight is 395 g/mol. The minimum absolute atomic E-state index is 0.0115. The Balaban J connectivity index is 1.64. The topological polar surface area (TPSA) is 69.6 Å². The van der Waals surface area contributed by atoms with Crippen molar-refractivity contribution in [2.45, 2.75) is 45.1 Å². The smallest absolute Gasteiger partial charge is 0.253 e. The molecule has 1 fully saturated rings. The molecule has 1 atom stereocenters. The van der Waals surface area contributed by atoms with Gasteiger partial charge in [0.25, 0.3) is 5.91 Å². The third-order valence-corrected chi connectivity index (χ3v) is 5.69. The zero-order valence-electron chi connectivity index (χ0n) is 17.2. The molecule has 0 bridgehead atoms. The number of rotatable bonds is 7. The fraction of sp³-hybridized carbons (Fsp3) is 0.417. The van der Waals surface area contributed by atoms with Crippen molar-refractivity contribution in [1.82, 2.24) is 4.90 Å². The van der Waals surface area contributed by atoms with Crippen LogP contribution in [-0.2, 0) is 4.79 Å². The summed E-state index contributed by atoms with van der Waals surface area (Å²) in [6.07, 6.45) is 4.46. The number of nitrogens with one attached hydrogen (secondary N) is 1. The third-order valence-electron chi connectivity index (χ3n) is 5.69. The number of anilines is 1. The molecule has 2 aromatic carbocycles. The van der Waals surface area contributed by atoms with E-state index < -0.39 is 6.10 Å². The maximum absolute atomic E-state index is 12.8. The lowest BCUT2D eigenvalue weighted by atomic mass is 10.0. The monoisotopic (exact) mass is 394 g/mol. The second-order valence-electron chi connectivity index (χ2n) is 8.04. The standard InChI is InChI=1S/C24H30N2O3/c1-17-12-13-20(15-21(17)25-23(28)14-18-8-6-7-9-18)24(29)26(2)16-22(27)19-10-4-3-5-11-19/h3-5,10-13,15,18,22,27H,6-9,14,16H2,1-2H3,(H,25,28). The summed E-state index contributed by atoms with van der Waals surface area (Å²) in [7, 11) is 1.67. The van der Waals surface area contributed by atoms with Crippen molar-refractivity contribution in [1.29, 1.82) is 0 Å². The third kappa shape index (κ3) is 5.67. The number of hydrogen-bond donors (Lipinski definition) is 2. The van der Waals surface area contributed by atoms with Crippen molar-refractivity contribution >= 4 is 17.5 Å². The fourth-order valence-corrected chi connectivity index (χ4v) is 3.91. The molecule has 5 nitrogen and oxygen atoms in total.